The van der Waals surface area contributed by atoms with Gasteiger partial charge in [0.15, 0.2) is 5.65 Å². The van der Waals surface area contributed by atoms with Crippen LogP contribution in [0.15, 0.2) is 6.20 Å². The predicted molar refractivity (Wildman–Crippen MR) is 84.8 cm³/mol. The molecule has 0 bridgehead atoms. The van der Waals surface area contributed by atoms with Crippen LogP contribution in [0.25, 0.3) is 11.0 Å². The molecule has 3 rings (SSSR count). The van der Waals surface area contributed by atoms with Gasteiger partial charge in [0, 0.05) is 31.5 Å². The van der Waals surface area contributed by atoms with E-state index in [9.17, 15) is 0 Å². The summed E-state index contributed by atoms with van der Waals surface area (Å²) < 4.78 is 7.43. The van der Waals surface area contributed by atoms with Gasteiger partial charge in [-0.1, -0.05) is 6.92 Å². The van der Waals surface area contributed by atoms with Crippen LogP contribution < -0.4 is 5.32 Å². The van der Waals surface area contributed by atoms with Crippen molar-refractivity contribution in [3.8, 4) is 0 Å². The predicted octanol–water partition coefficient (Wildman–Crippen LogP) is 2.91. The second kappa shape index (κ2) is 6.02. The standard InChI is InChI=1S/C16H24N4O/c1-4-14-11(3)15(18-12-6-8-21-9-7-12)13-10-17-20(5-2)16(13)19-14/h10,12H,4-9H2,1-3H3,(H,18,19). The number of anilines is 1. The van der Waals surface area contributed by atoms with Gasteiger partial charge in [-0.3, -0.25) is 0 Å². The number of hydrogen-bond acceptors (Lipinski definition) is 4. The molecule has 5 heteroatoms. The summed E-state index contributed by atoms with van der Waals surface area (Å²) in [5.41, 5.74) is 4.62. The topological polar surface area (TPSA) is 52.0 Å². The molecule has 0 aliphatic carbocycles. The number of nitrogens with one attached hydrogen (secondary N) is 1. The van der Waals surface area contributed by atoms with Gasteiger partial charge >= 0.3 is 0 Å². The van der Waals surface area contributed by atoms with Gasteiger partial charge in [0.25, 0.3) is 0 Å². The van der Waals surface area contributed by atoms with E-state index in [1.54, 1.807) is 0 Å². The third kappa shape index (κ3) is 2.62. The lowest BCUT2D eigenvalue weighted by Crippen LogP contribution is -2.28. The van der Waals surface area contributed by atoms with Crippen molar-refractivity contribution in [2.24, 2.45) is 0 Å². The van der Waals surface area contributed by atoms with Crippen molar-refractivity contribution in [2.75, 3.05) is 18.5 Å². The largest absolute Gasteiger partial charge is 0.381 e. The number of aryl methyl sites for hydroxylation is 2. The lowest BCUT2D eigenvalue weighted by Gasteiger charge is -2.26. The third-order valence-electron chi connectivity index (χ3n) is 4.33. The number of hydrogen-bond donors (Lipinski definition) is 1. The fraction of sp³-hybridized carbons (Fsp3) is 0.625. The Balaban J connectivity index is 2.05. The Kier molecular flexibility index (Phi) is 4.10. The molecule has 0 spiro atoms. The van der Waals surface area contributed by atoms with Crippen LogP contribution in [0.4, 0.5) is 5.69 Å². The van der Waals surface area contributed by atoms with Crippen molar-refractivity contribution in [2.45, 2.75) is 52.6 Å². The van der Waals surface area contributed by atoms with Crippen molar-refractivity contribution < 1.29 is 4.74 Å². The quantitative estimate of drug-likeness (QED) is 0.940. The third-order valence-corrected chi connectivity index (χ3v) is 4.33. The smallest absolute Gasteiger partial charge is 0.160 e. The van der Waals surface area contributed by atoms with Crippen molar-refractivity contribution in [1.29, 1.82) is 0 Å². The summed E-state index contributed by atoms with van der Waals surface area (Å²) in [7, 11) is 0. The molecule has 114 valence electrons. The first-order chi connectivity index (χ1) is 10.2. The lowest BCUT2D eigenvalue weighted by atomic mass is 10.0. The Morgan fingerprint density at radius 3 is 2.76 bits per heavy atom. The van der Waals surface area contributed by atoms with E-state index in [4.69, 9.17) is 9.72 Å². The molecule has 2 aromatic heterocycles. The van der Waals surface area contributed by atoms with E-state index < -0.39 is 0 Å². The molecule has 5 nitrogen and oxygen atoms in total. The van der Waals surface area contributed by atoms with E-state index in [0.717, 1.165) is 55.7 Å². The summed E-state index contributed by atoms with van der Waals surface area (Å²) in [5, 5.41) is 9.34. The molecule has 1 fully saturated rings. The maximum Gasteiger partial charge on any atom is 0.160 e. The maximum atomic E-state index is 5.45. The molecule has 0 atom stereocenters. The fourth-order valence-electron chi connectivity index (χ4n) is 3.04. The molecule has 1 saturated heterocycles. The second-order valence-electron chi connectivity index (χ2n) is 5.64. The van der Waals surface area contributed by atoms with E-state index in [1.165, 1.54) is 11.3 Å². The first-order valence-electron chi connectivity index (χ1n) is 7.93. The van der Waals surface area contributed by atoms with E-state index in [1.807, 2.05) is 10.9 Å². The average molecular weight is 288 g/mol. The Morgan fingerprint density at radius 2 is 2.10 bits per heavy atom. The van der Waals surface area contributed by atoms with Crippen LogP contribution in [-0.2, 0) is 17.7 Å². The monoisotopic (exact) mass is 288 g/mol. The number of nitrogens with zero attached hydrogens (tertiary/aromatic N) is 3. The molecular formula is C16H24N4O. The van der Waals surface area contributed by atoms with Crippen molar-refractivity contribution in [3.63, 3.8) is 0 Å². The average Bonchev–Trinajstić information content (AvgIpc) is 2.93. The van der Waals surface area contributed by atoms with Crippen LogP contribution in [-0.4, -0.2) is 34.0 Å². The van der Waals surface area contributed by atoms with Crippen LogP contribution in [0.3, 0.4) is 0 Å². The SMILES string of the molecule is CCc1nc2c(cnn2CC)c(NC2CCOCC2)c1C. The number of fused-ring (bicyclic) bond motifs is 1. The van der Waals surface area contributed by atoms with Gasteiger partial charge in [-0.05, 0) is 38.7 Å². The highest BCUT2D eigenvalue weighted by Gasteiger charge is 2.19. The minimum atomic E-state index is 0.484. The highest BCUT2D eigenvalue weighted by atomic mass is 16.5. The number of rotatable bonds is 4. The number of aromatic nitrogens is 3. The molecule has 2 aromatic rings. The second-order valence-corrected chi connectivity index (χ2v) is 5.64. The normalized spacial score (nSPS) is 16.5. The Hall–Kier alpha value is -1.62. The molecule has 3 heterocycles. The van der Waals surface area contributed by atoms with Crippen LogP contribution in [0.2, 0.25) is 0 Å². The van der Waals surface area contributed by atoms with Gasteiger partial charge in [-0.25, -0.2) is 9.67 Å². The molecule has 0 amide bonds. The molecule has 0 radical (unpaired) electrons. The first-order valence-corrected chi connectivity index (χ1v) is 7.93. The van der Waals surface area contributed by atoms with Gasteiger partial charge in [-0.15, -0.1) is 0 Å². The highest BCUT2D eigenvalue weighted by Crippen LogP contribution is 2.30. The molecule has 1 N–H and O–H groups in total. The van der Waals surface area contributed by atoms with Crippen molar-refractivity contribution >= 4 is 16.7 Å². The Labute approximate surface area is 125 Å². The summed E-state index contributed by atoms with van der Waals surface area (Å²) in [6, 6.07) is 0.484. The lowest BCUT2D eigenvalue weighted by molar-refractivity contribution is 0.0904. The number of pyridine rings is 1. The van der Waals surface area contributed by atoms with E-state index in [0.29, 0.717) is 6.04 Å². The summed E-state index contributed by atoms with van der Waals surface area (Å²) in [6.45, 7) is 8.96. The molecule has 0 unspecified atom stereocenters. The maximum absolute atomic E-state index is 5.45. The zero-order valence-corrected chi connectivity index (χ0v) is 13.1. The Bertz CT molecular complexity index is 629. The molecule has 21 heavy (non-hydrogen) atoms. The highest BCUT2D eigenvalue weighted by molar-refractivity contribution is 5.91. The van der Waals surface area contributed by atoms with Gasteiger partial charge < -0.3 is 10.1 Å². The summed E-state index contributed by atoms with van der Waals surface area (Å²) in [4.78, 5) is 4.81. The van der Waals surface area contributed by atoms with Crippen LogP contribution in [0.1, 0.15) is 37.9 Å². The van der Waals surface area contributed by atoms with Crippen molar-refractivity contribution in [3.05, 3.63) is 17.5 Å². The molecule has 1 aliphatic rings. The van der Waals surface area contributed by atoms with Gasteiger partial charge in [0.2, 0.25) is 0 Å². The summed E-state index contributed by atoms with van der Waals surface area (Å²) in [5.74, 6) is 0. The van der Waals surface area contributed by atoms with Crippen LogP contribution in [0, 0.1) is 6.92 Å². The number of ether oxygens (including phenoxy) is 1. The van der Waals surface area contributed by atoms with E-state index in [2.05, 4.69) is 31.2 Å². The molecule has 1 aliphatic heterocycles. The minimum absolute atomic E-state index is 0.484. The molecular weight excluding hydrogens is 264 g/mol. The summed E-state index contributed by atoms with van der Waals surface area (Å²) >= 11 is 0. The molecule has 0 saturated carbocycles. The van der Waals surface area contributed by atoms with Crippen LogP contribution >= 0.6 is 0 Å². The van der Waals surface area contributed by atoms with Gasteiger partial charge in [-0.2, -0.15) is 5.10 Å². The zero-order chi connectivity index (χ0) is 14.8. The van der Waals surface area contributed by atoms with Gasteiger partial charge in [0.1, 0.15) is 0 Å². The summed E-state index contributed by atoms with van der Waals surface area (Å²) in [6.07, 6.45) is 5.01. The van der Waals surface area contributed by atoms with E-state index >= 15 is 0 Å². The van der Waals surface area contributed by atoms with Crippen molar-refractivity contribution in [1.82, 2.24) is 14.8 Å². The first kappa shape index (κ1) is 14.3. The van der Waals surface area contributed by atoms with Crippen LogP contribution in [0.5, 0.6) is 0 Å². The Morgan fingerprint density at radius 1 is 1.33 bits per heavy atom. The van der Waals surface area contributed by atoms with E-state index in [-0.39, 0.29) is 0 Å². The molecule has 0 aromatic carbocycles. The fourth-order valence-corrected chi connectivity index (χ4v) is 3.04. The zero-order valence-electron chi connectivity index (χ0n) is 13.1. The van der Waals surface area contributed by atoms with Gasteiger partial charge in [0.05, 0.1) is 17.3 Å². The minimum Gasteiger partial charge on any atom is -0.381 e.